The third-order valence-corrected chi connectivity index (χ3v) is 4.73. The molecule has 1 unspecified atom stereocenters. The van der Waals surface area contributed by atoms with Crippen LogP contribution in [-0.4, -0.2) is 36.0 Å². The van der Waals surface area contributed by atoms with Crippen molar-refractivity contribution in [1.82, 2.24) is 10.2 Å². The molecule has 0 radical (unpaired) electrons. The molecule has 0 aromatic heterocycles. The molecule has 0 bridgehead atoms. The van der Waals surface area contributed by atoms with Crippen LogP contribution in [0.15, 0.2) is 54.6 Å². The Morgan fingerprint density at radius 1 is 1.00 bits per heavy atom. The van der Waals surface area contributed by atoms with Crippen molar-refractivity contribution in [2.75, 3.05) is 13.1 Å². The molecule has 0 heterocycles. The van der Waals surface area contributed by atoms with Gasteiger partial charge in [-0.25, -0.2) is 0 Å². The molecule has 2 aromatic rings. The summed E-state index contributed by atoms with van der Waals surface area (Å²) in [6, 6.07) is 17.5. The first-order valence-corrected chi connectivity index (χ1v) is 9.77. The van der Waals surface area contributed by atoms with Crippen LogP contribution < -0.4 is 10.1 Å². The number of ether oxygens (including phenoxy) is 1. The number of para-hydroxylation sites is 1. The Labute approximate surface area is 179 Å². The average Bonchev–Trinajstić information content (AvgIpc) is 2.64. The van der Waals surface area contributed by atoms with Crippen molar-refractivity contribution in [3.05, 3.63) is 65.2 Å². The number of rotatable bonds is 9. The van der Waals surface area contributed by atoms with Gasteiger partial charge in [-0.1, -0.05) is 54.1 Å². The molecule has 0 spiro atoms. The fraction of sp³-hybridized carbons (Fsp3) is 0.409. The number of benzene rings is 2. The fourth-order valence-electron chi connectivity index (χ4n) is 3.08. The Kier molecular flexibility index (Phi) is 10.4. The molecular weight excluding hydrogens is 395 g/mol. The van der Waals surface area contributed by atoms with Gasteiger partial charge >= 0.3 is 0 Å². The zero-order chi connectivity index (χ0) is 19.8. The van der Waals surface area contributed by atoms with Crippen molar-refractivity contribution in [2.24, 2.45) is 0 Å². The minimum Gasteiger partial charge on any atom is -0.474 e. The molecule has 0 aliphatic rings. The fourth-order valence-corrected chi connectivity index (χ4v) is 3.26. The van der Waals surface area contributed by atoms with Crippen LogP contribution in [0.2, 0.25) is 5.02 Å². The normalized spacial score (nSPS) is 12.0. The first-order valence-electron chi connectivity index (χ1n) is 9.39. The predicted octanol–water partition coefficient (Wildman–Crippen LogP) is 5.12. The van der Waals surface area contributed by atoms with Crippen LogP contribution in [0, 0.1) is 0 Å². The van der Waals surface area contributed by atoms with E-state index >= 15 is 0 Å². The highest BCUT2D eigenvalue weighted by atomic mass is 35.5. The Morgan fingerprint density at radius 3 is 2.14 bits per heavy atom. The molecule has 154 valence electrons. The van der Waals surface area contributed by atoms with Crippen molar-refractivity contribution in [3.63, 3.8) is 0 Å². The average molecular weight is 425 g/mol. The largest absolute Gasteiger partial charge is 0.474 e. The number of amides is 1. The Hall–Kier alpha value is -1.75. The summed E-state index contributed by atoms with van der Waals surface area (Å²) in [5.41, 5.74) is 0.791. The Morgan fingerprint density at radius 2 is 1.57 bits per heavy atom. The van der Waals surface area contributed by atoms with Gasteiger partial charge in [-0.3, -0.25) is 9.69 Å². The van der Waals surface area contributed by atoms with E-state index in [9.17, 15) is 4.79 Å². The molecular formula is C22H30Cl2N2O2. The van der Waals surface area contributed by atoms with E-state index < -0.39 is 6.10 Å². The smallest absolute Gasteiger partial charge is 0.265 e. The second kappa shape index (κ2) is 11.9. The first-order chi connectivity index (χ1) is 12.9. The molecule has 6 heteroatoms. The van der Waals surface area contributed by atoms with Gasteiger partial charge < -0.3 is 10.1 Å². The minimum absolute atomic E-state index is 0. The highest BCUT2D eigenvalue weighted by Crippen LogP contribution is 2.28. The number of nitrogens with one attached hydrogen (secondary N) is 1. The van der Waals surface area contributed by atoms with Crippen LogP contribution in [0.4, 0.5) is 0 Å². The lowest BCUT2D eigenvalue weighted by Crippen LogP contribution is -2.43. The molecule has 4 nitrogen and oxygen atoms in total. The van der Waals surface area contributed by atoms with Gasteiger partial charge in [0.15, 0.2) is 0 Å². The van der Waals surface area contributed by atoms with Crippen LogP contribution in [0.1, 0.15) is 39.4 Å². The lowest BCUT2D eigenvalue weighted by molar-refractivity contribution is -0.128. The molecule has 28 heavy (non-hydrogen) atoms. The summed E-state index contributed by atoms with van der Waals surface area (Å²) in [5.74, 6) is 0.322. The number of hydrogen-bond donors (Lipinski definition) is 1. The van der Waals surface area contributed by atoms with E-state index in [4.69, 9.17) is 16.3 Å². The topological polar surface area (TPSA) is 41.6 Å². The van der Waals surface area contributed by atoms with Gasteiger partial charge in [0.05, 0.1) is 5.02 Å². The summed E-state index contributed by atoms with van der Waals surface area (Å²) in [5, 5.41) is 3.50. The molecule has 0 aliphatic carbocycles. The summed E-state index contributed by atoms with van der Waals surface area (Å²) in [4.78, 5) is 15.2. The second-order valence-corrected chi connectivity index (χ2v) is 7.46. The molecule has 1 amide bonds. The van der Waals surface area contributed by atoms with Gasteiger partial charge in [0.1, 0.15) is 5.75 Å². The zero-order valence-electron chi connectivity index (χ0n) is 16.9. The quantitative estimate of drug-likeness (QED) is 0.607. The van der Waals surface area contributed by atoms with Gasteiger partial charge in [-0.2, -0.15) is 0 Å². The summed E-state index contributed by atoms with van der Waals surface area (Å²) >= 11 is 6.21. The molecule has 0 aliphatic heterocycles. The van der Waals surface area contributed by atoms with Gasteiger partial charge in [0, 0.05) is 30.7 Å². The van der Waals surface area contributed by atoms with Crippen LogP contribution >= 0.6 is 24.0 Å². The van der Waals surface area contributed by atoms with E-state index in [1.807, 2.05) is 42.5 Å². The van der Waals surface area contributed by atoms with Crippen molar-refractivity contribution >= 4 is 29.9 Å². The monoisotopic (exact) mass is 424 g/mol. The first kappa shape index (κ1) is 24.3. The van der Waals surface area contributed by atoms with Crippen LogP contribution in [0.3, 0.4) is 0 Å². The van der Waals surface area contributed by atoms with Crippen molar-refractivity contribution in [2.45, 2.75) is 45.9 Å². The summed E-state index contributed by atoms with van der Waals surface area (Å²) in [6.07, 6.45) is -0.752. The summed E-state index contributed by atoms with van der Waals surface area (Å²) in [7, 11) is 0. The molecule has 1 N–H and O–H groups in total. The maximum atomic E-state index is 12.9. The van der Waals surface area contributed by atoms with Crippen molar-refractivity contribution in [1.29, 1.82) is 0 Å². The van der Waals surface area contributed by atoms with Gasteiger partial charge in [0.25, 0.3) is 5.91 Å². The van der Waals surface area contributed by atoms with E-state index in [1.165, 1.54) is 0 Å². The molecule has 1 atom stereocenters. The van der Waals surface area contributed by atoms with Crippen molar-refractivity contribution < 1.29 is 9.53 Å². The lowest BCUT2D eigenvalue weighted by atomic mass is 10.1. The summed E-state index contributed by atoms with van der Waals surface area (Å²) < 4.78 is 5.99. The van der Waals surface area contributed by atoms with E-state index in [2.05, 4.69) is 37.9 Å². The van der Waals surface area contributed by atoms with Crippen LogP contribution in [-0.2, 0) is 4.79 Å². The maximum absolute atomic E-state index is 12.9. The Balaban J connectivity index is 0.00000392. The Bertz CT molecular complexity index is 715. The number of carbonyl (C=O) groups excluding carboxylic acids is 1. The number of hydrogen-bond acceptors (Lipinski definition) is 3. The summed E-state index contributed by atoms with van der Waals surface area (Å²) in [6.45, 7) is 9.99. The van der Waals surface area contributed by atoms with E-state index in [1.54, 1.807) is 12.1 Å². The number of carbonyl (C=O) groups is 1. The standard InChI is InChI=1S/C22H29ClN2O2.ClH/c1-16(2)25(17(3)4)15-14-24-22(26)21(18-10-6-5-7-11-18)27-20-13-9-8-12-19(20)23;/h5-13,16-17,21H,14-15H2,1-4H3,(H,24,26);1H. The van der Waals surface area contributed by atoms with E-state index in [0.29, 0.717) is 29.4 Å². The van der Waals surface area contributed by atoms with E-state index in [0.717, 1.165) is 12.1 Å². The third kappa shape index (κ3) is 7.01. The molecule has 2 rings (SSSR count). The zero-order valence-corrected chi connectivity index (χ0v) is 18.5. The maximum Gasteiger partial charge on any atom is 0.265 e. The number of nitrogens with zero attached hydrogens (tertiary/aromatic N) is 1. The molecule has 0 fully saturated rings. The predicted molar refractivity (Wildman–Crippen MR) is 118 cm³/mol. The highest BCUT2D eigenvalue weighted by Gasteiger charge is 2.23. The number of halogens is 2. The molecule has 0 saturated carbocycles. The third-order valence-electron chi connectivity index (χ3n) is 4.42. The van der Waals surface area contributed by atoms with Gasteiger partial charge in [0.2, 0.25) is 6.10 Å². The lowest BCUT2D eigenvalue weighted by Gasteiger charge is -2.30. The van der Waals surface area contributed by atoms with Crippen LogP contribution in [0.25, 0.3) is 0 Å². The van der Waals surface area contributed by atoms with Crippen molar-refractivity contribution in [3.8, 4) is 5.75 Å². The molecule has 0 saturated heterocycles. The highest BCUT2D eigenvalue weighted by molar-refractivity contribution is 6.32. The van der Waals surface area contributed by atoms with Crippen LogP contribution in [0.5, 0.6) is 5.75 Å². The molecule has 2 aromatic carbocycles. The van der Waals surface area contributed by atoms with Gasteiger partial charge in [-0.05, 0) is 39.8 Å². The van der Waals surface area contributed by atoms with E-state index in [-0.39, 0.29) is 18.3 Å². The van der Waals surface area contributed by atoms with Gasteiger partial charge in [-0.15, -0.1) is 12.4 Å². The second-order valence-electron chi connectivity index (χ2n) is 7.06. The SMILES string of the molecule is CC(C)N(CCNC(=O)C(Oc1ccccc1Cl)c1ccccc1)C(C)C.Cl. The minimum atomic E-state index is -0.752.